The standard InChI is InChI=1S/C12H15BrFNO3S/c1-8(16)9-4-5-15(7-9)19(17,18)12-3-2-10(13)6-11(12)14/h2-3,6,8-9,16H,4-5,7H2,1H3. The van der Waals surface area contributed by atoms with E-state index in [9.17, 15) is 17.9 Å². The van der Waals surface area contributed by atoms with Gasteiger partial charge in [0.2, 0.25) is 10.0 Å². The number of aliphatic hydroxyl groups is 1. The van der Waals surface area contributed by atoms with Gasteiger partial charge in [-0.25, -0.2) is 12.8 Å². The molecule has 1 aliphatic rings. The van der Waals surface area contributed by atoms with E-state index in [0.29, 0.717) is 17.4 Å². The SMILES string of the molecule is CC(O)C1CCN(S(=O)(=O)c2ccc(Br)cc2F)C1. The number of hydrogen-bond donors (Lipinski definition) is 1. The molecule has 1 fully saturated rings. The minimum absolute atomic E-state index is 0.0896. The number of nitrogens with zero attached hydrogens (tertiary/aromatic N) is 1. The van der Waals surface area contributed by atoms with Crippen molar-refractivity contribution in [3.63, 3.8) is 0 Å². The molecular formula is C12H15BrFNO3S. The van der Waals surface area contributed by atoms with Gasteiger partial charge < -0.3 is 5.11 Å². The van der Waals surface area contributed by atoms with Crippen molar-refractivity contribution in [2.45, 2.75) is 24.3 Å². The quantitative estimate of drug-likeness (QED) is 0.905. The van der Waals surface area contributed by atoms with Crippen molar-refractivity contribution in [3.8, 4) is 0 Å². The third-order valence-corrected chi connectivity index (χ3v) is 5.77. The summed E-state index contributed by atoms with van der Waals surface area (Å²) in [5.41, 5.74) is 0. The van der Waals surface area contributed by atoms with Gasteiger partial charge in [-0.3, -0.25) is 0 Å². The molecule has 0 amide bonds. The summed E-state index contributed by atoms with van der Waals surface area (Å²) in [6.45, 7) is 2.18. The van der Waals surface area contributed by atoms with Crippen LogP contribution in [0.25, 0.3) is 0 Å². The van der Waals surface area contributed by atoms with Crippen molar-refractivity contribution in [1.29, 1.82) is 0 Å². The highest BCUT2D eigenvalue weighted by Gasteiger charge is 2.35. The normalized spacial score (nSPS) is 22.6. The predicted octanol–water partition coefficient (Wildman–Crippen LogP) is 1.98. The molecule has 1 N–H and O–H groups in total. The van der Waals surface area contributed by atoms with E-state index in [2.05, 4.69) is 15.9 Å². The highest BCUT2D eigenvalue weighted by molar-refractivity contribution is 9.10. The van der Waals surface area contributed by atoms with Gasteiger partial charge in [-0.15, -0.1) is 0 Å². The Morgan fingerprint density at radius 2 is 2.21 bits per heavy atom. The summed E-state index contributed by atoms with van der Waals surface area (Å²) in [6.07, 6.45) is 0.0321. The van der Waals surface area contributed by atoms with Crippen LogP contribution < -0.4 is 0 Å². The first-order valence-electron chi connectivity index (χ1n) is 5.95. The second kappa shape index (κ2) is 5.47. The molecule has 0 bridgehead atoms. The molecule has 2 unspecified atom stereocenters. The monoisotopic (exact) mass is 351 g/mol. The maximum Gasteiger partial charge on any atom is 0.245 e. The molecule has 1 aromatic carbocycles. The number of halogens is 2. The fourth-order valence-corrected chi connectivity index (χ4v) is 4.08. The van der Waals surface area contributed by atoms with Gasteiger partial charge in [0.05, 0.1) is 6.10 Å². The zero-order chi connectivity index (χ0) is 14.2. The molecule has 19 heavy (non-hydrogen) atoms. The number of hydrogen-bond acceptors (Lipinski definition) is 3. The zero-order valence-electron chi connectivity index (χ0n) is 10.4. The fraction of sp³-hybridized carbons (Fsp3) is 0.500. The zero-order valence-corrected chi connectivity index (χ0v) is 12.8. The van der Waals surface area contributed by atoms with Crippen LogP contribution in [0.15, 0.2) is 27.6 Å². The Labute approximate surface area is 120 Å². The van der Waals surface area contributed by atoms with E-state index in [1.165, 1.54) is 16.4 Å². The van der Waals surface area contributed by atoms with Crippen LogP contribution in [0.5, 0.6) is 0 Å². The molecule has 0 aliphatic carbocycles. The van der Waals surface area contributed by atoms with Gasteiger partial charge in [0, 0.05) is 17.6 Å². The van der Waals surface area contributed by atoms with E-state index >= 15 is 0 Å². The van der Waals surface area contributed by atoms with Crippen molar-refractivity contribution in [2.75, 3.05) is 13.1 Å². The van der Waals surface area contributed by atoms with Gasteiger partial charge in [0.1, 0.15) is 10.7 Å². The Hall–Kier alpha value is -0.500. The smallest absolute Gasteiger partial charge is 0.245 e. The Morgan fingerprint density at radius 3 is 2.74 bits per heavy atom. The summed E-state index contributed by atoms with van der Waals surface area (Å²) in [5.74, 6) is -0.858. The van der Waals surface area contributed by atoms with Crippen LogP contribution in [0.1, 0.15) is 13.3 Å². The van der Waals surface area contributed by atoms with Gasteiger partial charge in [-0.05, 0) is 37.5 Å². The van der Waals surface area contributed by atoms with E-state index in [0.717, 1.165) is 6.07 Å². The average Bonchev–Trinajstić information content (AvgIpc) is 2.78. The molecule has 1 aliphatic heterocycles. The first-order valence-corrected chi connectivity index (χ1v) is 8.19. The fourth-order valence-electron chi connectivity index (χ4n) is 2.19. The van der Waals surface area contributed by atoms with Gasteiger partial charge >= 0.3 is 0 Å². The first kappa shape index (κ1) is 14.9. The molecule has 0 radical (unpaired) electrons. The maximum absolute atomic E-state index is 13.8. The minimum Gasteiger partial charge on any atom is -0.393 e. The largest absolute Gasteiger partial charge is 0.393 e. The Morgan fingerprint density at radius 1 is 1.53 bits per heavy atom. The number of benzene rings is 1. The van der Waals surface area contributed by atoms with Gasteiger partial charge in [0.25, 0.3) is 0 Å². The Kier molecular flexibility index (Phi) is 4.29. The molecule has 2 atom stereocenters. The lowest BCUT2D eigenvalue weighted by molar-refractivity contribution is 0.133. The average molecular weight is 352 g/mol. The molecule has 2 rings (SSSR count). The van der Waals surface area contributed by atoms with Crippen molar-refractivity contribution in [3.05, 3.63) is 28.5 Å². The third kappa shape index (κ3) is 2.99. The molecule has 1 saturated heterocycles. The molecule has 1 aromatic rings. The molecule has 0 aromatic heterocycles. The van der Waals surface area contributed by atoms with Crippen molar-refractivity contribution >= 4 is 26.0 Å². The van der Waals surface area contributed by atoms with E-state index in [1.54, 1.807) is 6.92 Å². The summed E-state index contributed by atoms with van der Waals surface area (Å²) < 4.78 is 40.1. The molecule has 0 spiro atoms. The lowest BCUT2D eigenvalue weighted by Crippen LogP contribution is -2.31. The lowest BCUT2D eigenvalue weighted by atomic mass is 10.0. The molecular weight excluding hydrogens is 337 g/mol. The second-order valence-corrected chi connectivity index (χ2v) is 7.55. The third-order valence-electron chi connectivity index (χ3n) is 3.38. The second-order valence-electron chi connectivity index (χ2n) is 4.73. The number of aliphatic hydroxyl groups excluding tert-OH is 1. The minimum atomic E-state index is -3.83. The summed E-state index contributed by atoms with van der Waals surface area (Å²) in [4.78, 5) is -0.318. The van der Waals surface area contributed by atoms with Crippen LogP contribution in [0.3, 0.4) is 0 Å². The highest BCUT2D eigenvalue weighted by atomic mass is 79.9. The first-order chi connectivity index (χ1) is 8.82. The van der Waals surface area contributed by atoms with Crippen molar-refractivity contribution < 1.29 is 17.9 Å². The molecule has 7 heteroatoms. The predicted molar refractivity (Wildman–Crippen MR) is 72.6 cm³/mol. The summed E-state index contributed by atoms with van der Waals surface area (Å²) in [6, 6.07) is 3.89. The van der Waals surface area contributed by atoms with Crippen LogP contribution in [0.4, 0.5) is 4.39 Å². The highest BCUT2D eigenvalue weighted by Crippen LogP contribution is 2.28. The van der Waals surface area contributed by atoms with Crippen molar-refractivity contribution in [2.24, 2.45) is 5.92 Å². The van der Waals surface area contributed by atoms with E-state index in [-0.39, 0.29) is 17.4 Å². The van der Waals surface area contributed by atoms with Gasteiger partial charge in [-0.2, -0.15) is 4.31 Å². The van der Waals surface area contributed by atoms with E-state index in [1.807, 2.05) is 0 Å². The molecule has 106 valence electrons. The van der Waals surface area contributed by atoms with Crippen molar-refractivity contribution in [1.82, 2.24) is 4.31 Å². The van der Waals surface area contributed by atoms with E-state index in [4.69, 9.17) is 0 Å². The van der Waals surface area contributed by atoms with Gasteiger partial charge in [-0.1, -0.05) is 15.9 Å². The lowest BCUT2D eigenvalue weighted by Gasteiger charge is -2.18. The van der Waals surface area contributed by atoms with Crippen LogP contribution in [0.2, 0.25) is 0 Å². The summed E-state index contributed by atoms with van der Waals surface area (Å²) >= 11 is 3.09. The van der Waals surface area contributed by atoms with Crippen LogP contribution in [0, 0.1) is 11.7 Å². The molecule has 1 heterocycles. The molecule has 0 saturated carbocycles. The van der Waals surface area contributed by atoms with Crippen LogP contribution in [-0.4, -0.2) is 37.0 Å². The van der Waals surface area contributed by atoms with Crippen LogP contribution >= 0.6 is 15.9 Å². The topological polar surface area (TPSA) is 57.6 Å². The molecule has 4 nitrogen and oxygen atoms in total. The van der Waals surface area contributed by atoms with E-state index < -0.39 is 21.9 Å². The Bertz CT molecular complexity index is 576. The number of rotatable bonds is 3. The summed E-state index contributed by atoms with van der Waals surface area (Å²) in [7, 11) is -3.83. The Balaban J connectivity index is 2.29. The number of sulfonamides is 1. The summed E-state index contributed by atoms with van der Waals surface area (Å²) in [5, 5.41) is 9.50. The van der Waals surface area contributed by atoms with Crippen LogP contribution in [-0.2, 0) is 10.0 Å². The maximum atomic E-state index is 13.8. The van der Waals surface area contributed by atoms with Gasteiger partial charge in [0.15, 0.2) is 0 Å².